The molecule has 0 saturated carbocycles. The normalized spacial score (nSPS) is 21.7. The molecule has 9 nitrogen and oxygen atoms in total. The van der Waals surface area contributed by atoms with Crippen molar-refractivity contribution < 1.29 is 9.53 Å². The molecule has 2 aromatic heterocycles. The number of para-hydroxylation sites is 2. The number of ether oxygens (including phenoxy) is 1. The number of nitrogens with zero attached hydrogens (tertiary/aromatic N) is 6. The molecule has 0 N–H and O–H groups in total. The van der Waals surface area contributed by atoms with Crippen LogP contribution in [0.3, 0.4) is 0 Å². The lowest BCUT2D eigenvalue weighted by atomic mass is 10.00. The number of carbonyl (C=O) groups excluding carboxylic acids is 1. The van der Waals surface area contributed by atoms with Crippen LogP contribution in [0.25, 0.3) is 11.0 Å². The fraction of sp³-hybridized carbons (Fsp3) is 0.389. The third-order valence-electron chi connectivity index (χ3n) is 5.40. The quantitative estimate of drug-likeness (QED) is 0.623. The largest absolute Gasteiger partial charge is 0.370 e. The van der Waals surface area contributed by atoms with Crippen LogP contribution in [-0.2, 0) is 18.4 Å². The second-order valence-corrected chi connectivity index (χ2v) is 6.94. The highest BCUT2D eigenvalue weighted by Gasteiger charge is 2.38. The van der Waals surface area contributed by atoms with Gasteiger partial charge in [0.2, 0.25) is 0 Å². The summed E-state index contributed by atoms with van der Waals surface area (Å²) in [5, 5.41) is 8.09. The predicted octanol–water partition coefficient (Wildman–Crippen LogP) is 0.511. The molecule has 2 aliphatic heterocycles. The van der Waals surface area contributed by atoms with E-state index in [1.807, 2.05) is 22.9 Å². The highest BCUT2D eigenvalue weighted by molar-refractivity contribution is 5.94. The van der Waals surface area contributed by atoms with Crippen LogP contribution in [0.2, 0.25) is 0 Å². The number of hydrogen-bond acceptors (Lipinski definition) is 6. The predicted molar refractivity (Wildman–Crippen MR) is 95.1 cm³/mol. The van der Waals surface area contributed by atoms with E-state index in [-0.39, 0.29) is 29.3 Å². The van der Waals surface area contributed by atoms with Gasteiger partial charge in [-0.15, -0.1) is 5.10 Å². The number of aryl methyl sites for hydroxylation is 1. The first-order chi connectivity index (χ1) is 13.1. The molecule has 3 aromatic rings. The van der Waals surface area contributed by atoms with Crippen LogP contribution < -0.4 is 5.56 Å². The van der Waals surface area contributed by atoms with Gasteiger partial charge in [0.1, 0.15) is 0 Å². The number of aromatic nitrogens is 5. The maximum atomic E-state index is 13.1. The zero-order valence-electron chi connectivity index (χ0n) is 14.8. The summed E-state index contributed by atoms with van der Waals surface area (Å²) in [4.78, 5) is 31.8. The summed E-state index contributed by atoms with van der Waals surface area (Å²) in [6.45, 7) is 1.41. The number of benzene rings is 1. The molecule has 5 rings (SSSR count). The molecule has 0 spiro atoms. The van der Waals surface area contributed by atoms with Gasteiger partial charge in [0.25, 0.3) is 11.5 Å². The highest BCUT2D eigenvalue weighted by Crippen LogP contribution is 2.30. The average molecular weight is 366 g/mol. The van der Waals surface area contributed by atoms with Crippen molar-refractivity contribution in [3.8, 4) is 0 Å². The van der Waals surface area contributed by atoms with E-state index in [1.54, 1.807) is 24.2 Å². The van der Waals surface area contributed by atoms with Gasteiger partial charge in [0, 0.05) is 20.1 Å². The summed E-state index contributed by atoms with van der Waals surface area (Å²) in [7, 11) is 1.66. The molecular formula is C18H18N6O3. The summed E-state index contributed by atoms with van der Waals surface area (Å²) >= 11 is 0. The van der Waals surface area contributed by atoms with E-state index in [2.05, 4.69) is 15.3 Å². The molecule has 0 radical (unpaired) electrons. The molecule has 1 aromatic carbocycles. The molecule has 2 aliphatic rings. The average Bonchev–Trinajstić information content (AvgIpc) is 3.19. The van der Waals surface area contributed by atoms with Crippen LogP contribution in [0.5, 0.6) is 0 Å². The maximum Gasteiger partial charge on any atom is 0.282 e. The zero-order valence-corrected chi connectivity index (χ0v) is 14.8. The zero-order chi connectivity index (χ0) is 18.5. The van der Waals surface area contributed by atoms with Crippen molar-refractivity contribution in [2.45, 2.75) is 25.2 Å². The second-order valence-electron chi connectivity index (χ2n) is 6.94. The van der Waals surface area contributed by atoms with Gasteiger partial charge in [-0.05, 0) is 18.6 Å². The molecule has 1 saturated heterocycles. The molecule has 0 bridgehead atoms. The Morgan fingerprint density at radius 3 is 3.04 bits per heavy atom. The molecule has 0 aliphatic carbocycles. The monoisotopic (exact) mass is 366 g/mol. The summed E-state index contributed by atoms with van der Waals surface area (Å²) < 4.78 is 9.19. The minimum Gasteiger partial charge on any atom is -0.370 e. The Kier molecular flexibility index (Phi) is 3.57. The molecule has 138 valence electrons. The molecule has 4 heterocycles. The fourth-order valence-electron chi connectivity index (χ4n) is 3.93. The van der Waals surface area contributed by atoms with Crippen molar-refractivity contribution in [1.82, 2.24) is 29.4 Å². The van der Waals surface area contributed by atoms with Crippen LogP contribution in [0.15, 0.2) is 35.3 Å². The molecule has 1 fully saturated rings. The first-order valence-electron chi connectivity index (χ1n) is 8.89. The Bertz CT molecular complexity index is 1100. The Labute approximate surface area is 154 Å². The highest BCUT2D eigenvalue weighted by atomic mass is 16.5. The molecule has 0 unspecified atom stereocenters. The van der Waals surface area contributed by atoms with Gasteiger partial charge < -0.3 is 14.2 Å². The molecular weight excluding hydrogens is 348 g/mol. The van der Waals surface area contributed by atoms with Crippen molar-refractivity contribution >= 4 is 16.9 Å². The Balaban J connectivity index is 1.50. The first-order valence-corrected chi connectivity index (χ1v) is 8.89. The standard InChI is InChI=1S/C18H18N6O3/c1-22-13-5-3-2-4-12(13)20-16(17(22)25)18(26)23-7-6-15-14(9-23)24-11(10-27-15)8-19-21-24/h2-5,8,14-15H,6-7,9-10H2,1H3/t14-,15-/m1/s1. The van der Waals surface area contributed by atoms with E-state index in [4.69, 9.17) is 4.74 Å². The molecule has 2 atom stereocenters. The second kappa shape index (κ2) is 5.98. The lowest BCUT2D eigenvalue weighted by Crippen LogP contribution is -2.51. The summed E-state index contributed by atoms with van der Waals surface area (Å²) in [6, 6.07) is 7.20. The van der Waals surface area contributed by atoms with Crippen LogP contribution >= 0.6 is 0 Å². The van der Waals surface area contributed by atoms with E-state index >= 15 is 0 Å². The SMILES string of the molecule is Cn1c(=O)c(C(=O)N2CC[C@H]3OCc4cnnn4[C@@H]3C2)nc2ccccc21. The fourth-order valence-corrected chi connectivity index (χ4v) is 3.93. The van der Waals surface area contributed by atoms with Crippen molar-refractivity contribution in [3.05, 3.63) is 52.2 Å². The van der Waals surface area contributed by atoms with Gasteiger partial charge in [-0.2, -0.15) is 0 Å². The first kappa shape index (κ1) is 16.1. The van der Waals surface area contributed by atoms with E-state index in [9.17, 15) is 9.59 Å². The Morgan fingerprint density at radius 1 is 1.30 bits per heavy atom. The summed E-state index contributed by atoms with van der Waals surface area (Å²) in [6.07, 6.45) is 2.36. The lowest BCUT2D eigenvalue weighted by molar-refractivity contribution is -0.0605. The third-order valence-corrected chi connectivity index (χ3v) is 5.40. The van der Waals surface area contributed by atoms with Gasteiger partial charge in [0.05, 0.1) is 41.7 Å². The Morgan fingerprint density at radius 2 is 2.15 bits per heavy atom. The Hall–Kier alpha value is -3.07. The molecule has 9 heteroatoms. The number of likely N-dealkylation sites (tertiary alicyclic amines) is 1. The van der Waals surface area contributed by atoms with Gasteiger partial charge >= 0.3 is 0 Å². The van der Waals surface area contributed by atoms with E-state index in [0.717, 1.165) is 5.69 Å². The topological polar surface area (TPSA) is 95.1 Å². The van der Waals surface area contributed by atoms with Gasteiger partial charge in [0.15, 0.2) is 5.69 Å². The minimum atomic E-state index is -0.387. The maximum absolute atomic E-state index is 13.1. The van der Waals surface area contributed by atoms with Crippen molar-refractivity contribution in [2.24, 2.45) is 7.05 Å². The summed E-state index contributed by atoms with van der Waals surface area (Å²) in [5.41, 5.74) is 1.78. The summed E-state index contributed by atoms with van der Waals surface area (Å²) in [5.74, 6) is -0.355. The third kappa shape index (κ3) is 2.46. The smallest absolute Gasteiger partial charge is 0.282 e. The number of piperidine rings is 1. The molecule has 27 heavy (non-hydrogen) atoms. The molecule has 1 amide bonds. The van der Waals surface area contributed by atoms with E-state index < -0.39 is 0 Å². The number of hydrogen-bond donors (Lipinski definition) is 0. The van der Waals surface area contributed by atoms with Gasteiger partial charge in [-0.3, -0.25) is 9.59 Å². The number of fused-ring (bicyclic) bond motifs is 4. The van der Waals surface area contributed by atoms with Crippen molar-refractivity contribution in [1.29, 1.82) is 0 Å². The van der Waals surface area contributed by atoms with Gasteiger partial charge in [-0.1, -0.05) is 17.3 Å². The van der Waals surface area contributed by atoms with Crippen LogP contribution in [-0.4, -0.2) is 54.5 Å². The minimum absolute atomic E-state index is 0.00403. The van der Waals surface area contributed by atoms with Crippen LogP contribution in [0, 0.1) is 0 Å². The van der Waals surface area contributed by atoms with Crippen LogP contribution in [0.4, 0.5) is 0 Å². The lowest BCUT2D eigenvalue weighted by Gasteiger charge is -2.40. The van der Waals surface area contributed by atoms with Gasteiger partial charge in [-0.25, -0.2) is 9.67 Å². The number of amides is 1. The number of rotatable bonds is 1. The number of carbonyl (C=O) groups is 1. The van der Waals surface area contributed by atoms with E-state index in [0.29, 0.717) is 37.2 Å². The van der Waals surface area contributed by atoms with E-state index in [1.165, 1.54) is 4.57 Å². The van der Waals surface area contributed by atoms with Crippen molar-refractivity contribution in [3.63, 3.8) is 0 Å². The van der Waals surface area contributed by atoms with Crippen molar-refractivity contribution in [2.75, 3.05) is 13.1 Å². The van der Waals surface area contributed by atoms with Crippen LogP contribution in [0.1, 0.15) is 28.6 Å².